The highest BCUT2D eigenvalue weighted by molar-refractivity contribution is 5.75. The van der Waals surface area contributed by atoms with E-state index in [1.54, 1.807) is 18.3 Å². The topological polar surface area (TPSA) is 60.3 Å². The lowest BCUT2D eigenvalue weighted by Crippen LogP contribution is -2.35. The molecule has 1 fully saturated rings. The predicted molar refractivity (Wildman–Crippen MR) is 76.8 cm³/mol. The van der Waals surface area contributed by atoms with Gasteiger partial charge in [0, 0.05) is 12.7 Å². The molecule has 1 amide bonds. The molecule has 1 aromatic heterocycles. The lowest BCUT2D eigenvalue weighted by Gasteiger charge is -2.21. The molecular weight excluding hydrogens is 256 g/mol. The number of nitrogens with zero attached hydrogens (tertiary/aromatic N) is 1. The highest BCUT2D eigenvalue weighted by Crippen LogP contribution is 2.22. The molecule has 110 valence electrons. The monoisotopic (exact) mass is 278 g/mol. The van der Waals surface area contributed by atoms with Crippen molar-refractivity contribution in [3.63, 3.8) is 0 Å². The Morgan fingerprint density at radius 3 is 2.85 bits per heavy atom. The summed E-state index contributed by atoms with van der Waals surface area (Å²) in [6.45, 7) is 0.764. The summed E-state index contributed by atoms with van der Waals surface area (Å²) in [5.41, 5.74) is -0.275. The first-order valence-corrected chi connectivity index (χ1v) is 7.21. The first kappa shape index (κ1) is 14.6. The number of nitrogens with one attached hydrogen (secondary N) is 1. The summed E-state index contributed by atoms with van der Waals surface area (Å²) < 4.78 is 6.33. The van der Waals surface area contributed by atoms with Crippen LogP contribution in [0.15, 0.2) is 23.1 Å². The second kappa shape index (κ2) is 7.12. The molecular formula is C15H22N2O3. The van der Waals surface area contributed by atoms with Crippen LogP contribution in [-0.2, 0) is 11.3 Å². The van der Waals surface area contributed by atoms with Gasteiger partial charge in [-0.2, -0.15) is 0 Å². The van der Waals surface area contributed by atoms with Crippen LogP contribution in [-0.4, -0.2) is 24.1 Å². The third-order valence-corrected chi connectivity index (χ3v) is 3.83. The number of ether oxygens (including phenoxy) is 1. The van der Waals surface area contributed by atoms with E-state index in [2.05, 4.69) is 5.32 Å². The van der Waals surface area contributed by atoms with Gasteiger partial charge in [-0.1, -0.05) is 19.3 Å². The number of pyridine rings is 1. The van der Waals surface area contributed by atoms with Crippen molar-refractivity contribution in [3.8, 4) is 5.75 Å². The van der Waals surface area contributed by atoms with Crippen molar-refractivity contribution in [2.24, 2.45) is 5.92 Å². The van der Waals surface area contributed by atoms with Gasteiger partial charge in [-0.05, 0) is 30.9 Å². The number of methoxy groups -OCH3 is 1. The maximum Gasteiger partial charge on any atom is 0.293 e. The van der Waals surface area contributed by atoms with Crippen LogP contribution in [0.25, 0.3) is 0 Å². The summed E-state index contributed by atoms with van der Waals surface area (Å²) in [7, 11) is 1.45. The van der Waals surface area contributed by atoms with E-state index in [1.165, 1.54) is 43.8 Å². The Balaban J connectivity index is 1.86. The van der Waals surface area contributed by atoms with E-state index in [0.717, 1.165) is 6.54 Å². The van der Waals surface area contributed by atoms with Gasteiger partial charge in [-0.25, -0.2) is 0 Å². The second-order valence-electron chi connectivity index (χ2n) is 5.32. The Bertz CT molecular complexity index is 504. The molecule has 0 spiro atoms. The minimum absolute atomic E-state index is 0.0444. The van der Waals surface area contributed by atoms with E-state index < -0.39 is 0 Å². The van der Waals surface area contributed by atoms with Gasteiger partial charge >= 0.3 is 0 Å². The summed E-state index contributed by atoms with van der Waals surface area (Å²) in [5, 5.41) is 2.93. The summed E-state index contributed by atoms with van der Waals surface area (Å²) in [5.74, 6) is 0.730. The summed E-state index contributed by atoms with van der Waals surface area (Å²) in [6, 6.07) is 3.30. The van der Waals surface area contributed by atoms with Crippen molar-refractivity contribution in [1.82, 2.24) is 9.88 Å². The third kappa shape index (κ3) is 3.85. The molecule has 1 aliphatic carbocycles. The van der Waals surface area contributed by atoms with Gasteiger partial charge in [0.25, 0.3) is 5.56 Å². The van der Waals surface area contributed by atoms with E-state index in [0.29, 0.717) is 5.92 Å². The van der Waals surface area contributed by atoms with Crippen molar-refractivity contribution in [2.45, 2.75) is 38.6 Å². The molecule has 1 N–H and O–H groups in total. The molecule has 2 rings (SSSR count). The van der Waals surface area contributed by atoms with Gasteiger partial charge in [-0.15, -0.1) is 0 Å². The minimum Gasteiger partial charge on any atom is -0.491 e. The number of carbonyl (C=O) groups excluding carboxylic acids is 1. The van der Waals surface area contributed by atoms with Crippen LogP contribution in [0.3, 0.4) is 0 Å². The van der Waals surface area contributed by atoms with Gasteiger partial charge in [-0.3, -0.25) is 9.59 Å². The van der Waals surface area contributed by atoms with Crippen molar-refractivity contribution in [2.75, 3.05) is 13.7 Å². The van der Waals surface area contributed by atoms with E-state index in [4.69, 9.17) is 4.74 Å². The molecule has 0 radical (unpaired) electrons. The first-order chi connectivity index (χ1) is 9.70. The number of carbonyl (C=O) groups is 1. The number of hydrogen-bond donors (Lipinski definition) is 1. The number of rotatable bonds is 5. The first-order valence-electron chi connectivity index (χ1n) is 7.21. The van der Waals surface area contributed by atoms with E-state index >= 15 is 0 Å². The third-order valence-electron chi connectivity index (χ3n) is 3.83. The average Bonchev–Trinajstić information content (AvgIpc) is 2.48. The zero-order chi connectivity index (χ0) is 14.4. The molecule has 0 aliphatic heterocycles. The van der Waals surface area contributed by atoms with Crippen molar-refractivity contribution in [1.29, 1.82) is 0 Å². The standard InChI is InChI=1S/C15H22N2O3/c1-20-13-8-5-9-17(15(13)19)11-14(18)16-10-12-6-3-2-4-7-12/h5,8-9,12H,2-4,6-7,10-11H2,1H3,(H,16,18). The zero-order valence-corrected chi connectivity index (χ0v) is 11.9. The Morgan fingerprint density at radius 2 is 2.15 bits per heavy atom. The van der Waals surface area contributed by atoms with Crippen molar-refractivity contribution in [3.05, 3.63) is 28.7 Å². The Kier molecular flexibility index (Phi) is 5.21. The largest absolute Gasteiger partial charge is 0.491 e. The van der Waals surface area contributed by atoms with Crippen LogP contribution in [0.1, 0.15) is 32.1 Å². The molecule has 0 atom stereocenters. The quantitative estimate of drug-likeness (QED) is 0.889. The van der Waals surface area contributed by atoms with Crippen LogP contribution in [0.5, 0.6) is 5.75 Å². The molecule has 1 heterocycles. The zero-order valence-electron chi connectivity index (χ0n) is 11.9. The fourth-order valence-corrected chi connectivity index (χ4v) is 2.65. The Labute approximate surface area is 118 Å². The van der Waals surface area contributed by atoms with Gasteiger partial charge < -0.3 is 14.6 Å². The molecule has 0 bridgehead atoms. The smallest absolute Gasteiger partial charge is 0.293 e. The van der Waals surface area contributed by atoms with Crippen LogP contribution < -0.4 is 15.6 Å². The SMILES string of the molecule is COc1cccn(CC(=O)NCC2CCCCC2)c1=O. The van der Waals surface area contributed by atoms with Gasteiger partial charge in [0.1, 0.15) is 6.54 Å². The number of hydrogen-bond acceptors (Lipinski definition) is 3. The van der Waals surface area contributed by atoms with Crippen LogP contribution in [0.4, 0.5) is 0 Å². The summed E-state index contributed by atoms with van der Waals surface area (Å²) in [6.07, 6.45) is 7.82. The Morgan fingerprint density at radius 1 is 1.40 bits per heavy atom. The molecule has 0 unspecified atom stereocenters. The highest BCUT2D eigenvalue weighted by Gasteiger charge is 2.14. The van der Waals surface area contributed by atoms with Crippen LogP contribution in [0.2, 0.25) is 0 Å². The average molecular weight is 278 g/mol. The lowest BCUT2D eigenvalue weighted by molar-refractivity contribution is -0.121. The molecule has 0 aromatic carbocycles. The molecule has 0 saturated heterocycles. The Hall–Kier alpha value is -1.78. The summed E-state index contributed by atoms with van der Waals surface area (Å²) >= 11 is 0. The van der Waals surface area contributed by atoms with Crippen molar-refractivity contribution < 1.29 is 9.53 Å². The maximum absolute atomic E-state index is 11.9. The normalized spacial score (nSPS) is 15.8. The van der Waals surface area contributed by atoms with Crippen LogP contribution in [0, 0.1) is 5.92 Å². The molecule has 1 aliphatic rings. The molecule has 1 aromatic rings. The molecule has 5 heteroatoms. The molecule has 5 nitrogen and oxygen atoms in total. The van der Waals surface area contributed by atoms with Gasteiger partial charge in [0.05, 0.1) is 7.11 Å². The number of amides is 1. The maximum atomic E-state index is 11.9. The minimum atomic E-state index is -0.275. The highest BCUT2D eigenvalue weighted by atomic mass is 16.5. The van der Waals surface area contributed by atoms with E-state index in [1.807, 2.05) is 0 Å². The van der Waals surface area contributed by atoms with Crippen LogP contribution >= 0.6 is 0 Å². The van der Waals surface area contributed by atoms with Crippen molar-refractivity contribution >= 4 is 5.91 Å². The molecule has 1 saturated carbocycles. The summed E-state index contributed by atoms with van der Waals surface area (Å²) in [4.78, 5) is 23.8. The number of aromatic nitrogens is 1. The van der Waals surface area contributed by atoms with Gasteiger partial charge in [0.15, 0.2) is 5.75 Å². The lowest BCUT2D eigenvalue weighted by atomic mass is 9.89. The fraction of sp³-hybridized carbons (Fsp3) is 0.600. The van der Waals surface area contributed by atoms with E-state index in [9.17, 15) is 9.59 Å². The second-order valence-corrected chi connectivity index (χ2v) is 5.32. The van der Waals surface area contributed by atoms with Gasteiger partial charge in [0.2, 0.25) is 5.91 Å². The predicted octanol–water partition coefficient (Wildman–Crippen LogP) is 1.55. The molecule has 20 heavy (non-hydrogen) atoms. The van der Waals surface area contributed by atoms with E-state index in [-0.39, 0.29) is 23.8 Å². The fourth-order valence-electron chi connectivity index (χ4n) is 2.65.